The van der Waals surface area contributed by atoms with Gasteiger partial charge in [-0.05, 0) is 19.4 Å². The van der Waals surface area contributed by atoms with Crippen LogP contribution < -0.4 is 5.32 Å². The highest BCUT2D eigenvalue weighted by atomic mass is 35.5. The summed E-state index contributed by atoms with van der Waals surface area (Å²) in [5.74, 6) is 0.112. The fraction of sp³-hybridized carbons (Fsp3) is 0.462. The van der Waals surface area contributed by atoms with E-state index >= 15 is 0 Å². The zero-order chi connectivity index (χ0) is 15.4. The summed E-state index contributed by atoms with van der Waals surface area (Å²) in [6, 6.07) is 3.96. The summed E-state index contributed by atoms with van der Waals surface area (Å²) < 4.78 is 5.43. The van der Waals surface area contributed by atoms with E-state index < -0.39 is 4.92 Å². The third-order valence-corrected chi connectivity index (χ3v) is 4.96. The van der Waals surface area contributed by atoms with Gasteiger partial charge in [0, 0.05) is 24.0 Å². The number of hydrogen-bond acceptors (Lipinski definition) is 5. The molecule has 0 radical (unpaired) electrons. The number of benzene rings is 1. The van der Waals surface area contributed by atoms with Crippen molar-refractivity contribution in [3.8, 4) is 0 Å². The van der Waals surface area contributed by atoms with Crippen LogP contribution in [0.1, 0.15) is 13.3 Å². The zero-order valence-corrected chi connectivity index (χ0v) is 12.9. The highest BCUT2D eigenvalue weighted by Crippen LogP contribution is 2.28. The van der Waals surface area contributed by atoms with Crippen LogP contribution in [-0.4, -0.2) is 34.5 Å². The van der Waals surface area contributed by atoms with Crippen LogP contribution in [0.3, 0.4) is 0 Å². The van der Waals surface area contributed by atoms with Crippen molar-refractivity contribution in [3.05, 3.63) is 33.3 Å². The first-order valence-electron chi connectivity index (χ1n) is 6.44. The van der Waals surface area contributed by atoms with E-state index in [4.69, 9.17) is 16.3 Å². The summed E-state index contributed by atoms with van der Waals surface area (Å²) in [5, 5.41) is 13.7. The number of rotatable bonds is 5. The van der Waals surface area contributed by atoms with Crippen molar-refractivity contribution < 1.29 is 14.5 Å². The molecular formula is C13H15ClN2O4S. The number of nitrogens with one attached hydrogen (secondary N) is 1. The molecule has 21 heavy (non-hydrogen) atoms. The van der Waals surface area contributed by atoms with E-state index in [2.05, 4.69) is 5.32 Å². The second-order valence-electron chi connectivity index (χ2n) is 4.68. The van der Waals surface area contributed by atoms with Gasteiger partial charge < -0.3 is 10.1 Å². The summed E-state index contributed by atoms with van der Waals surface area (Å²) in [6.07, 6.45) is 1.10. The largest absolute Gasteiger partial charge is 0.377 e. The van der Waals surface area contributed by atoms with E-state index in [1.165, 1.54) is 18.2 Å². The van der Waals surface area contributed by atoms with Crippen LogP contribution in [0.2, 0.25) is 5.02 Å². The van der Waals surface area contributed by atoms with Crippen molar-refractivity contribution in [3.63, 3.8) is 0 Å². The van der Waals surface area contributed by atoms with Gasteiger partial charge in [-0.2, -0.15) is 0 Å². The van der Waals surface area contributed by atoms with E-state index in [1.54, 1.807) is 11.8 Å². The van der Waals surface area contributed by atoms with Crippen LogP contribution >= 0.6 is 23.4 Å². The van der Waals surface area contributed by atoms with Crippen molar-refractivity contribution in [1.29, 1.82) is 0 Å². The Morgan fingerprint density at radius 1 is 1.62 bits per heavy atom. The lowest BCUT2D eigenvalue weighted by Crippen LogP contribution is -2.20. The minimum Gasteiger partial charge on any atom is -0.377 e. The molecule has 0 aliphatic carbocycles. The van der Waals surface area contributed by atoms with Crippen molar-refractivity contribution in [1.82, 2.24) is 0 Å². The smallest absolute Gasteiger partial charge is 0.271 e. The molecule has 1 amide bonds. The SMILES string of the molecule is CC1OCCC1SCC(=O)Nc1ccc([N+](=O)[O-])cc1Cl. The Balaban J connectivity index is 1.89. The number of non-ortho nitro benzene ring substituents is 1. The first-order chi connectivity index (χ1) is 9.97. The first-order valence-corrected chi connectivity index (χ1v) is 7.87. The van der Waals surface area contributed by atoms with Gasteiger partial charge in [0.15, 0.2) is 0 Å². The van der Waals surface area contributed by atoms with Gasteiger partial charge in [-0.1, -0.05) is 11.6 Å². The molecule has 0 bridgehead atoms. The van der Waals surface area contributed by atoms with Gasteiger partial charge in [-0.25, -0.2) is 0 Å². The molecule has 1 heterocycles. The lowest BCUT2D eigenvalue weighted by Gasteiger charge is -2.13. The summed E-state index contributed by atoms with van der Waals surface area (Å²) in [4.78, 5) is 22.0. The van der Waals surface area contributed by atoms with Crippen LogP contribution in [0.25, 0.3) is 0 Å². The molecule has 1 N–H and O–H groups in total. The fourth-order valence-corrected chi connectivity index (χ4v) is 3.29. The van der Waals surface area contributed by atoms with Gasteiger partial charge >= 0.3 is 0 Å². The summed E-state index contributed by atoms with van der Waals surface area (Å²) in [6.45, 7) is 2.73. The molecule has 0 aromatic heterocycles. The molecule has 1 aliphatic heterocycles. The molecule has 1 saturated heterocycles. The first kappa shape index (κ1) is 16.1. The lowest BCUT2D eigenvalue weighted by atomic mass is 10.3. The summed E-state index contributed by atoms with van der Waals surface area (Å²) >= 11 is 7.47. The van der Waals surface area contributed by atoms with E-state index in [9.17, 15) is 14.9 Å². The van der Waals surface area contributed by atoms with Gasteiger partial charge in [0.05, 0.1) is 27.5 Å². The number of anilines is 1. The molecule has 1 aromatic rings. The molecule has 2 rings (SSSR count). The maximum absolute atomic E-state index is 11.9. The number of thioether (sulfide) groups is 1. The third-order valence-electron chi connectivity index (χ3n) is 3.17. The highest BCUT2D eigenvalue weighted by molar-refractivity contribution is 8.00. The van der Waals surface area contributed by atoms with Gasteiger partial charge in [-0.15, -0.1) is 11.8 Å². The average molecular weight is 331 g/mol. The number of nitro benzene ring substituents is 1. The molecule has 2 unspecified atom stereocenters. The van der Waals surface area contributed by atoms with E-state index in [0.29, 0.717) is 16.7 Å². The number of carbonyl (C=O) groups excluding carboxylic acids is 1. The second-order valence-corrected chi connectivity index (χ2v) is 6.32. The molecule has 2 atom stereocenters. The number of carbonyl (C=O) groups is 1. The van der Waals surface area contributed by atoms with Crippen LogP contribution in [0.4, 0.5) is 11.4 Å². The highest BCUT2D eigenvalue weighted by Gasteiger charge is 2.25. The lowest BCUT2D eigenvalue weighted by molar-refractivity contribution is -0.384. The maximum atomic E-state index is 11.9. The molecule has 0 spiro atoms. The van der Waals surface area contributed by atoms with E-state index in [1.807, 2.05) is 6.92 Å². The van der Waals surface area contributed by atoms with E-state index in [0.717, 1.165) is 13.0 Å². The van der Waals surface area contributed by atoms with Crippen molar-refractivity contribution in [2.24, 2.45) is 0 Å². The molecule has 8 heteroatoms. The maximum Gasteiger partial charge on any atom is 0.271 e. The van der Waals surface area contributed by atoms with Crippen LogP contribution in [0.5, 0.6) is 0 Å². The van der Waals surface area contributed by atoms with Crippen LogP contribution in [-0.2, 0) is 9.53 Å². The Morgan fingerprint density at radius 2 is 2.38 bits per heavy atom. The number of amides is 1. The quantitative estimate of drug-likeness (QED) is 0.662. The minimum atomic E-state index is -0.533. The Morgan fingerprint density at radius 3 is 2.95 bits per heavy atom. The third kappa shape index (κ3) is 4.33. The Bertz CT molecular complexity index is 555. The average Bonchev–Trinajstić information content (AvgIpc) is 2.84. The molecule has 0 saturated carbocycles. The molecule has 1 aliphatic rings. The minimum absolute atomic E-state index is 0.107. The number of halogens is 1. The van der Waals surface area contributed by atoms with Gasteiger partial charge in [0.1, 0.15) is 0 Å². The van der Waals surface area contributed by atoms with Crippen molar-refractivity contribution in [2.75, 3.05) is 17.7 Å². The number of nitro groups is 1. The number of nitrogens with zero attached hydrogens (tertiary/aromatic N) is 1. The fourth-order valence-electron chi connectivity index (χ4n) is 2.02. The topological polar surface area (TPSA) is 81.5 Å². The van der Waals surface area contributed by atoms with Crippen LogP contribution in [0, 0.1) is 10.1 Å². The van der Waals surface area contributed by atoms with E-state index in [-0.39, 0.29) is 22.7 Å². The summed E-state index contributed by atoms with van der Waals surface area (Å²) in [5.41, 5.74) is 0.271. The Kier molecular flexibility index (Phi) is 5.44. The normalized spacial score (nSPS) is 21.2. The number of ether oxygens (including phenoxy) is 1. The molecule has 1 aromatic carbocycles. The Hall–Kier alpha value is -1.31. The second kappa shape index (κ2) is 7.11. The molecule has 6 nitrogen and oxygen atoms in total. The Labute approximate surface area is 131 Å². The molecule has 1 fully saturated rings. The van der Waals surface area contributed by atoms with Gasteiger partial charge in [0.25, 0.3) is 5.69 Å². The van der Waals surface area contributed by atoms with Gasteiger partial charge in [-0.3, -0.25) is 14.9 Å². The number of hydrogen-bond donors (Lipinski definition) is 1. The molecule has 114 valence electrons. The molecular weight excluding hydrogens is 316 g/mol. The zero-order valence-electron chi connectivity index (χ0n) is 11.4. The van der Waals surface area contributed by atoms with Gasteiger partial charge in [0.2, 0.25) is 5.91 Å². The van der Waals surface area contributed by atoms with Crippen molar-refractivity contribution in [2.45, 2.75) is 24.7 Å². The monoisotopic (exact) mass is 330 g/mol. The predicted octanol–water partition coefficient (Wildman–Crippen LogP) is 3.10. The summed E-state index contributed by atoms with van der Waals surface area (Å²) in [7, 11) is 0. The van der Waals surface area contributed by atoms with Crippen LogP contribution in [0.15, 0.2) is 18.2 Å². The predicted molar refractivity (Wildman–Crippen MR) is 83.0 cm³/mol. The van der Waals surface area contributed by atoms with Crippen molar-refractivity contribution >= 4 is 40.6 Å². The standard InChI is InChI=1S/C13H15ClN2O4S/c1-8-12(4-5-20-8)21-7-13(17)15-11-3-2-9(16(18)19)6-10(11)14/h2-3,6,8,12H,4-5,7H2,1H3,(H,15,17).